The van der Waals surface area contributed by atoms with Crippen LogP contribution in [0.15, 0.2) is 18.7 Å². The largest absolute Gasteiger partial charge is 0.480 e. The summed E-state index contributed by atoms with van der Waals surface area (Å²) in [6.07, 6.45) is 3.89. The molecule has 1 heterocycles. The summed E-state index contributed by atoms with van der Waals surface area (Å²) in [7, 11) is 0. The van der Waals surface area contributed by atoms with Crippen LogP contribution in [0.4, 0.5) is 0 Å². The second-order valence-corrected chi connectivity index (χ2v) is 2.55. The first-order valence-corrected chi connectivity index (χ1v) is 3.85. The molecule has 0 saturated carbocycles. The Morgan fingerprint density at radius 3 is 3.23 bits per heavy atom. The zero-order valence-electron chi connectivity index (χ0n) is 9.05. The molecule has 0 aliphatic carbocycles. The lowest BCUT2D eigenvalue weighted by Gasteiger charge is -2.05. The summed E-state index contributed by atoms with van der Waals surface area (Å²) in [5.41, 5.74) is 5.20. The number of aryl methyl sites for hydroxylation is 1. The molecule has 2 atom stereocenters. The molecule has 3 N–H and O–H groups in total. The Hall–Kier alpha value is -1.36. The average molecular weight is 185 g/mol. The van der Waals surface area contributed by atoms with Gasteiger partial charge in [0.15, 0.2) is 0 Å². The van der Waals surface area contributed by atoms with Gasteiger partial charge in [-0.15, -0.1) is 0 Å². The van der Waals surface area contributed by atoms with Crippen molar-refractivity contribution in [3.63, 3.8) is 0 Å². The number of hydrogen-bond donors (Lipinski definition) is 2. The fraction of sp³-hybridized carbons (Fsp3) is 0.500. The summed E-state index contributed by atoms with van der Waals surface area (Å²) >= 11 is 0. The van der Waals surface area contributed by atoms with Crippen LogP contribution in [0, 0.1) is 0 Å². The molecular formula is C8H13N3O2. The predicted molar refractivity (Wildman–Crippen MR) is 47.1 cm³/mol. The minimum atomic E-state index is -2.25. The lowest BCUT2D eigenvalue weighted by Crippen LogP contribution is -2.30. The molecule has 0 radical (unpaired) electrons. The second kappa shape index (κ2) is 4.61. The van der Waals surface area contributed by atoms with Crippen molar-refractivity contribution in [2.45, 2.75) is 25.4 Å². The van der Waals surface area contributed by atoms with Crippen LogP contribution in [0.1, 0.15) is 15.6 Å². The van der Waals surface area contributed by atoms with Crippen molar-refractivity contribution in [3.8, 4) is 0 Å². The summed E-state index contributed by atoms with van der Waals surface area (Å²) in [4.78, 5) is 14.4. The van der Waals surface area contributed by atoms with E-state index >= 15 is 0 Å². The van der Waals surface area contributed by atoms with Gasteiger partial charge in [0.25, 0.3) is 0 Å². The third-order valence-electron chi connectivity index (χ3n) is 1.56. The number of aliphatic carboxylic acids is 1. The molecule has 13 heavy (non-hydrogen) atoms. The van der Waals surface area contributed by atoms with E-state index in [2.05, 4.69) is 4.98 Å². The van der Waals surface area contributed by atoms with Gasteiger partial charge in [0, 0.05) is 20.3 Å². The van der Waals surface area contributed by atoms with Crippen molar-refractivity contribution in [1.29, 1.82) is 0 Å². The van der Waals surface area contributed by atoms with Gasteiger partial charge in [-0.05, 0) is 12.8 Å². The van der Waals surface area contributed by atoms with E-state index in [1.54, 1.807) is 23.3 Å². The van der Waals surface area contributed by atoms with Crippen LogP contribution in [0.5, 0.6) is 0 Å². The maximum atomic E-state index is 10.6. The highest BCUT2D eigenvalue weighted by molar-refractivity contribution is 5.72. The van der Waals surface area contributed by atoms with Crippen molar-refractivity contribution in [2.24, 2.45) is 5.73 Å². The highest BCUT2D eigenvalue weighted by Crippen LogP contribution is 1.98. The van der Waals surface area contributed by atoms with Gasteiger partial charge in [-0.25, -0.2) is 4.98 Å². The summed E-state index contributed by atoms with van der Waals surface area (Å²) in [5, 5.41) is 8.62. The zero-order chi connectivity index (χ0) is 11.5. The molecule has 0 aliphatic heterocycles. The molecule has 1 rings (SSSR count). The van der Waals surface area contributed by atoms with E-state index in [4.69, 9.17) is 13.6 Å². The van der Waals surface area contributed by atoms with Gasteiger partial charge in [0.2, 0.25) is 0 Å². The number of carboxylic acids is 1. The lowest BCUT2D eigenvalue weighted by molar-refractivity contribution is -0.138. The Morgan fingerprint density at radius 1 is 1.92 bits per heavy atom. The second-order valence-electron chi connectivity index (χ2n) is 2.55. The van der Waals surface area contributed by atoms with E-state index in [-0.39, 0.29) is 6.42 Å². The van der Waals surface area contributed by atoms with Crippen LogP contribution in [0.3, 0.4) is 0 Å². The van der Waals surface area contributed by atoms with E-state index in [9.17, 15) is 4.79 Å². The van der Waals surface area contributed by atoms with E-state index in [0.29, 0.717) is 6.54 Å². The lowest BCUT2D eigenvalue weighted by atomic mass is 10.2. The van der Waals surface area contributed by atoms with Crippen LogP contribution >= 0.6 is 0 Å². The molecule has 0 aromatic carbocycles. The van der Waals surface area contributed by atoms with Gasteiger partial charge in [-0.1, -0.05) is 0 Å². The van der Waals surface area contributed by atoms with E-state index in [1.165, 1.54) is 0 Å². The van der Waals surface area contributed by atoms with Crippen molar-refractivity contribution in [1.82, 2.24) is 9.55 Å². The Morgan fingerprint density at radius 2 is 2.69 bits per heavy atom. The number of imidazole rings is 1. The summed E-state index contributed by atoms with van der Waals surface area (Å²) < 4.78 is 16.5. The summed E-state index contributed by atoms with van der Waals surface area (Å²) in [6, 6.07) is -2.25. The van der Waals surface area contributed by atoms with Crippen LogP contribution in [-0.4, -0.2) is 26.6 Å². The Balaban J connectivity index is 2.49. The number of nitrogens with zero attached hydrogens (tertiary/aromatic N) is 2. The van der Waals surface area contributed by atoms with Crippen molar-refractivity contribution in [2.75, 3.05) is 0 Å². The molecule has 0 amide bonds. The number of carbonyl (C=O) groups is 1. The third kappa shape index (κ3) is 3.25. The van der Waals surface area contributed by atoms with Gasteiger partial charge in [0.1, 0.15) is 6.02 Å². The Labute approximate surface area is 79.0 Å². The molecule has 0 spiro atoms. The molecule has 5 nitrogen and oxygen atoms in total. The van der Waals surface area contributed by atoms with Crippen LogP contribution < -0.4 is 5.73 Å². The topological polar surface area (TPSA) is 81.1 Å². The van der Waals surface area contributed by atoms with Crippen LogP contribution in [0.25, 0.3) is 0 Å². The van der Waals surface area contributed by atoms with E-state index < -0.39 is 18.4 Å². The maximum Gasteiger partial charge on any atom is 0.320 e. The SMILES string of the molecule is [2H]C(CCn1ccnc1)[C@]([2H])(N)C(=O)O. The van der Waals surface area contributed by atoms with Crippen LogP contribution in [-0.2, 0) is 11.3 Å². The summed E-state index contributed by atoms with van der Waals surface area (Å²) in [6.45, 7) is 0.430. The number of carboxylic acid groups (broad SMARTS) is 1. The fourth-order valence-electron chi connectivity index (χ4n) is 0.875. The first-order chi connectivity index (χ1) is 6.94. The zero-order valence-corrected chi connectivity index (χ0v) is 7.05. The first-order valence-electron chi connectivity index (χ1n) is 4.92. The number of aromatic nitrogens is 2. The molecule has 1 aromatic heterocycles. The van der Waals surface area contributed by atoms with E-state index in [1.807, 2.05) is 0 Å². The quantitative estimate of drug-likeness (QED) is 0.680. The standard InChI is InChI=1S/C8H13N3O2/c9-7(8(12)13)2-1-4-11-5-3-10-6-11/h3,5-7H,1-2,4,9H2,(H,12,13)/t7-/m0/s1/i2D,7D/t2?,7-. The molecule has 0 aliphatic rings. The van der Waals surface area contributed by atoms with E-state index in [0.717, 1.165) is 0 Å². The van der Waals surface area contributed by atoms with Crippen molar-refractivity contribution < 1.29 is 12.6 Å². The van der Waals surface area contributed by atoms with Gasteiger partial charge in [-0.3, -0.25) is 4.79 Å². The molecule has 5 heteroatoms. The Kier molecular flexibility index (Phi) is 2.51. The summed E-state index contributed by atoms with van der Waals surface area (Å²) in [5.74, 6) is -1.48. The molecule has 0 saturated heterocycles. The molecule has 0 fully saturated rings. The number of nitrogens with two attached hydrogens (primary N) is 1. The van der Waals surface area contributed by atoms with Gasteiger partial charge >= 0.3 is 5.97 Å². The minimum Gasteiger partial charge on any atom is -0.480 e. The van der Waals surface area contributed by atoms with Gasteiger partial charge < -0.3 is 15.4 Å². The number of rotatable bonds is 5. The predicted octanol–water partition coefficient (Wildman–Crippen LogP) is 0.0752. The average Bonchev–Trinajstić information content (AvgIpc) is 2.66. The molecule has 1 aromatic rings. The monoisotopic (exact) mass is 185 g/mol. The first kappa shape index (κ1) is 7.08. The van der Waals surface area contributed by atoms with Gasteiger partial charge in [0.05, 0.1) is 7.70 Å². The van der Waals surface area contributed by atoms with Crippen molar-refractivity contribution in [3.05, 3.63) is 18.7 Å². The molecule has 1 unspecified atom stereocenters. The smallest absolute Gasteiger partial charge is 0.320 e. The maximum absolute atomic E-state index is 10.6. The number of hydrogen-bond acceptors (Lipinski definition) is 3. The van der Waals surface area contributed by atoms with Crippen molar-refractivity contribution >= 4 is 5.97 Å². The minimum absolute atomic E-state index is 0.197. The molecule has 0 bridgehead atoms. The normalized spacial score (nSPS) is 19.8. The highest BCUT2D eigenvalue weighted by Gasteiger charge is 2.09. The Bertz CT molecular complexity index is 327. The fourth-order valence-corrected chi connectivity index (χ4v) is 0.875. The highest BCUT2D eigenvalue weighted by atomic mass is 16.4. The molecule has 72 valence electrons. The third-order valence-corrected chi connectivity index (χ3v) is 1.56. The molecular weight excluding hydrogens is 170 g/mol. The van der Waals surface area contributed by atoms with Gasteiger partial charge in [-0.2, -0.15) is 0 Å². The van der Waals surface area contributed by atoms with Crippen LogP contribution in [0.2, 0.25) is 0 Å².